The summed E-state index contributed by atoms with van der Waals surface area (Å²) in [5.41, 5.74) is 0. The van der Waals surface area contributed by atoms with E-state index in [1.165, 1.54) is 12.3 Å². The number of nitrogens with one attached hydrogen (secondary N) is 1. The van der Waals surface area contributed by atoms with E-state index >= 15 is 0 Å². The Balaban J connectivity index is 3.26. The fourth-order valence-electron chi connectivity index (χ4n) is 0.155. The minimum atomic E-state index is -0.241. The second kappa shape index (κ2) is 3.74. The molecular weight excluding hydrogens is 110 g/mol. The molecule has 0 atom stereocenters. The molecule has 0 saturated heterocycles. The van der Waals surface area contributed by atoms with Crippen LogP contribution in [0.3, 0.4) is 0 Å². The van der Waals surface area contributed by atoms with Crippen molar-refractivity contribution in [3.05, 3.63) is 12.3 Å². The normalized spacial score (nSPS) is 9.43. The van der Waals surface area contributed by atoms with Crippen LogP contribution in [0, 0.1) is 0 Å². The summed E-state index contributed by atoms with van der Waals surface area (Å²) in [6.07, 6.45) is 2.86. The predicted molar refractivity (Wildman–Crippen MR) is 32.2 cm³/mol. The van der Waals surface area contributed by atoms with E-state index in [0.29, 0.717) is 0 Å². The molecule has 0 aliphatic carbocycles. The summed E-state index contributed by atoms with van der Waals surface area (Å²) in [6.45, 7) is 0. The largest absolute Gasteiger partial charge is 0.394 e. The summed E-state index contributed by atoms with van der Waals surface area (Å²) in [5, 5.41) is 2.41. The van der Waals surface area contributed by atoms with E-state index < -0.39 is 0 Å². The maximum atomic E-state index is 9.94. The molecule has 0 amide bonds. The van der Waals surface area contributed by atoms with Gasteiger partial charge in [0.2, 0.25) is 5.12 Å². The zero-order chi connectivity index (χ0) is 5.70. The van der Waals surface area contributed by atoms with Crippen LogP contribution in [-0.2, 0) is 4.79 Å². The van der Waals surface area contributed by atoms with Crippen molar-refractivity contribution >= 4 is 17.7 Å². The molecule has 0 aromatic rings. The number of thiol groups is 1. The average molecular weight is 117 g/mol. The molecule has 0 heterocycles. The predicted octanol–water partition coefficient (Wildman–Crippen LogP) is 0.176. The van der Waals surface area contributed by atoms with E-state index in [2.05, 4.69) is 17.9 Å². The number of carbonyl (C=O) groups is 1. The zero-order valence-corrected chi connectivity index (χ0v) is 4.90. The van der Waals surface area contributed by atoms with E-state index in [0.717, 1.165) is 0 Å². The first-order valence-corrected chi connectivity index (χ1v) is 2.29. The molecule has 0 spiro atoms. The van der Waals surface area contributed by atoms with Crippen molar-refractivity contribution in [3.63, 3.8) is 0 Å². The van der Waals surface area contributed by atoms with Crippen molar-refractivity contribution in [1.82, 2.24) is 5.32 Å². The third-order valence-corrected chi connectivity index (χ3v) is 0.542. The fraction of sp³-hybridized carbons (Fsp3) is 0.250. The van der Waals surface area contributed by atoms with Crippen molar-refractivity contribution in [2.45, 2.75) is 0 Å². The fourth-order valence-corrected chi connectivity index (χ4v) is 0.229. The van der Waals surface area contributed by atoms with E-state index in [1.54, 1.807) is 7.05 Å². The van der Waals surface area contributed by atoms with Crippen LogP contribution in [0.2, 0.25) is 0 Å². The Morgan fingerprint density at radius 2 is 2.43 bits per heavy atom. The second-order valence-corrected chi connectivity index (χ2v) is 1.40. The maximum Gasteiger partial charge on any atom is 0.210 e. The monoisotopic (exact) mass is 117 g/mol. The van der Waals surface area contributed by atoms with Crippen molar-refractivity contribution in [2.75, 3.05) is 7.05 Å². The van der Waals surface area contributed by atoms with E-state index in [-0.39, 0.29) is 5.12 Å². The Kier molecular flexibility index (Phi) is 3.50. The molecule has 0 saturated carbocycles. The highest BCUT2D eigenvalue weighted by Crippen LogP contribution is 1.76. The van der Waals surface area contributed by atoms with Crippen LogP contribution in [0.5, 0.6) is 0 Å². The summed E-state index contributed by atoms with van der Waals surface area (Å²) in [5.74, 6) is 0. The molecular formula is C4H7NOS. The summed E-state index contributed by atoms with van der Waals surface area (Å²) in [6, 6.07) is 0. The van der Waals surface area contributed by atoms with Gasteiger partial charge in [0, 0.05) is 19.3 Å². The molecule has 3 heteroatoms. The Bertz CT molecular complexity index is 89.7. The smallest absolute Gasteiger partial charge is 0.210 e. The third kappa shape index (κ3) is 5.56. The lowest BCUT2D eigenvalue weighted by atomic mass is 10.7. The molecule has 0 unspecified atom stereocenters. The molecule has 40 valence electrons. The summed E-state index contributed by atoms with van der Waals surface area (Å²) in [4.78, 5) is 9.94. The lowest BCUT2D eigenvalue weighted by Crippen LogP contribution is -1.92. The van der Waals surface area contributed by atoms with Crippen LogP contribution in [0.4, 0.5) is 0 Å². The molecule has 0 aliphatic rings. The molecule has 7 heavy (non-hydrogen) atoms. The van der Waals surface area contributed by atoms with Gasteiger partial charge in [0.25, 0.3) is 0 Å². The van der Waals surface area contributed by atoms with Crippen molar-refractivity contribution in [1.29, 1.82) is 0 Å². The van der Waals surface area contributed by atoms with E-state index in [4.69, 9.17) is 0 Å². The molecule has 0 bridgehead atoms. The van der Waals surface area contributed by atoms with Crippen LogP contribution >= 0.6 is 12.6 Å². The van der Waals surface area contributed by atoms with Crippen LogP contribution in [0.15, 0.2) is 12.3 Å². The minimum Gasteiger partial charge on any atom is -0.394 e. The lowest BCUT2D eigenvalue weighted by Gasteiger charge is -1.78. The SMILES string of the molecule is CN/C=C/C(=O)S. The maximum absolute atomic E-state index is 9.94. The van der Waals surface area contributed by atoms with Gasteiger partial charge in [-0.3, -0.25) is 4.79 Å². The topological polar surface area (TPSA) is 29.1 Å². The molecule has 0 aliphatic heterocycles. The highest BCUT2D eigenvalue weighted by atomic mass is 32.1. The molecule has 1 N–H and O–H groups in total. The molecule has 0 fully saturated rings. The highest BCUT2D eigenvalue weighted by molar-refractivity contribution is 7.97. The standard InChI is InChI=1S/C4H7NOS/c1-5-3-2-4(6)7/h2-3,5H,1H3,(H,6,7)/b3-2+. The van der Waals surface area contributed by atoms with Crippen LogP contribution in [0.1, 0.15) is 0 Å². The van der Waals surface area contributed by atoms with Gasteiger partial charge in [0.1, 0.15) is 0 Å². The van der Waals surface area contributed by atoms with Gasteiger partial charge in [-0.2, -0.15) is 0 Å². The lowest BCUT2D eigenvalue weighted by molar-refractivity contribution is -0.106. The van der Waals surface area contributed by atoms with E-state index in [1.807, 2.05) is 0 Å². The van der Waals surface area contributed by atoms with Gasteiger partial charge in [-0.25, -0.2) is 0 Å². The van der Waals surface area contributed by atoms with Gasteiger partial charge in [-0.1, -0.05) is 0 Å². The second-order valence-electron chi connectivity index (χ2n) is 0.960. The van der Waals surface area contributed by atoms with Crippen LogP contribution < -0.4 is 5.32 Å². The molecule has 0 aromatic heterocycles. The number of hydrogen-bond acceptors (Lipinski definition) is 2. The highest BCUT2D eigenvalue weighted by Gasteiger charge is 1.76. The molecule has 0 radical (unpaired) electrons. The Morgan fingerprint density at radius 1 is 1.86 bits per heavy atom. The number of hydrogen-bond donors (Lipinski definition) is 2. The van der Waals surface area contributed by atoms with Gasteiger partial charge >= 0.3 is 0 Å². The van der Waals surface area contributed by atoms with Gasteiger partial charge in [-0.15, -0.1) is 12.6 Å². The first-order valence-electron chi connectivity index (χ1n) is 1.84. The van der Waals surface area contributed by atoms with Crippen LogP contribution in [-0.4, -0.2) is 12.2 Å². The van der Waals surface area contributed by atoms with Gasteiger partial charge in [0.15, 0.2) is 0 Å². The Hall–Kier alpha value is -0.440. The first kappa shape index (κ1) is 6.56. The minimum absolute atomic E-state index is 0.241. The van der Waals surface area contributed by atoms with Gasteiger partial charge in [-0.05, 0) is 0 Å². The van der Waals surface area contributed by atoms with Crippen molar-refractivity contribution in [3.8, 4) is 0 Å². The molecule has 2 nitrogen and oxygen atoms in total. The quantitative estimate of drug-likeness (QED) is 0.399. The van der Waals surface area contributed by atoms with Crippen LogP contribution in [0.25, 0.3) is 0 Å². The van der Waals surface area contributed by atoms with Gasteiger partial charge in [0.05, 0.1) is 0 Å². The Labute approximate surface area is 48.0 Å². The van der Waals surface area contributed by atoms with Crippen molar-refractivity contribution < 1.29 is 4.79 Å². The summed E-state index contributed by atoms with van der Waals surface area (Å²) in [7, 11) is 1.72. The molecule has 0 aromatic carbocycles. The third-order valence-electron chi connectivity index (χ3n) is 0.393. The number of carbonyl (C=O) groups excluding carboxylic acids is 1. The first-order chi connectivity index (χ1) is 3.27. The average Bonchev–Trinajstić information content (AvgIpc) is 1.61. The van der Waals surface area contributed by atoms with Crippen molar-refractivity contribution in [2.24, 2.45) is 0 Å². The number of rotatable bonds is 2. The summed E-state index contributed by atoms with van der Waals surface area (Å²) < 4.78 is 0. The molecule has 0 rings (SSSR count). The van der Waals surface area contributed by atoms with Gasteiger partial charge < -0.3 is 5.32 Å². The Morgan fingerprint density at radius 3 is 2.57 bits per heavy atom. The van der Waals surface area contributed by atoms with E-state index in [9.17, 15) is 4.79 Å². The summed E-state index contributed by atoms with van der Waals surface area (Å²) >= 11 is 3.47. The zero-order valence-electron chi connectivity index (χ0n) is 4.01.